The number of hydrogen-bond acceptors (Lipinski definition) is 4. The van der Waals surface area contributed by atoms with Crippen LogP contribution < -0.4 is 5.32 Å². The van der Waals surface area contributed by atoms with E-state index in [0.717, 1.165) is 11.1 Å². The van der Waals surface area contributed by atoms with Gasteiger partial charge in [-0.05, 0) is 38.1 Å². The van der Waals surface area contributed by atoms with Gasteiger partial charge in [0.05, 0.1) is 11.4 Å². The SMILES string of the molecule is Cc1ccc(S(=O)(=O)N2CCN(C(=O)CNC(=O)c3cccc(C)c3)CC2)cc1. The van der Waals surface area contributed by atoms with E-state index in [2.05, 4.69) is 5.32 Å². The molecule has 29 heavy (non-hydrogen) atoms. The van der Waals surface area contributed by atoms with E-state index in [1.54, 1.807) is 47.4 Å². The summed E-state index contributed by atoms with van der Waals surface area (Å²) in [5.41, 5.74) is 2.47. The van der Waals surface area contributed by atoms with Crippen LogP contribution in [0.3, 0.4) is 0 Å². The van der Waals surface area contributed by atoms with E-state index in [-0.39, 0.29) is 36.3 Å². The summed E-state index contributed by atoms with van der Waals surface area (Å²) < 4.78 is 26.9. The smallest absolute Gasteiger partial charge is 0.251 e. The third-order valence-corrected chi connectivity index (χ3v) is 6.84. The Labute approximate surface area is 171 Å². The normalized spacial score (nSPS) is 15.2. The molecule has 1 N–H and O–H groups in total. The molecule has 1 aliphatic rings. The van der Waals surface area contributed by atoms with Gasteiger partial charge >= 0.3 is 0 Å². The second-order valence-corrected chi connectivity index (χ2v) is 9.09. The molecule has 0 saturated carbocycles. The predicted molar refractivity (Wildman–Crippen MR) is 110 cm³/mol. The number of carbonyl (C=O) groups is 2. The standard InChI is InChI=1S/C21H25N3O4S/c1-16-6-8-19(9-7-16)29(27,28)24-12-10-23(11-13-24)20(25)15-22-21(26)18-5-3-4-17(2)14-18/h3-9,14H,10-13,15H2,1-2H3,(H,22,26). The van der Waals surface area contributed by atoms with Crippen molar-refractivity contribution in [2.45, 2.75) is 18.7 Å². The summed E-state index contributed by atoms with van der Waals surface area (Å²) in [6.45, 7) is 4.73. The fraction of sp³-hybridized carbons (Fsp3) is 0.333. The van der Waals surface area contributed by atoms with Crippen molar-refractivity contribution in [1.29, 1.82) is 0 Å². The second-order valence-electron chi connectivity index (χ2n) is 7.15. The molecule has 1 heterocycles. The minimum absolute atomic E-state index is 0.114. The van der Waals surface area contributed by atoms with Gasteiger partial charge in [0, 0.05) is 31.7 Å². The molecule has 8 heteroatoms. The molecule has 1 aliphatic heterocycles. The summed E-state index contributed by atoms with van der Waals surface area (Å²) in [7, 11) is -3.57. The highest BCUT2D eigenvalue weighted by Gasteiger charge is 2.30. The number of amides is 2. The van der Waals surface area contributed by atoms with Crippen molar-refractivity contribution in [3.63, 3.8) is 0 Å². The number of piperazine rings is 1. The molecule has 3 rings (SSSR count). The number of rotatable bonds is 5. The van der Waals surface area contributed by atoms with Gasteiger partial charge in [-0.25, -0.2) is 8.42 Å². The zero-order chi connectivity index (χ0) is 21.0. The molecule has 7 nitrogen and oxygen atoms in total. The van der Waals surface area contributed by atoms with Crippen molar-refractivity contribution in [3.8, 4) is 0 Å². The third-order valence-electron chi connectivity index (χ3n) is 4.93. The van der Waals surface area contributed by atoms with Crippen molar-refractivity contribution < 1.29 is 18.0 Å². The molecule has 0 aliphatic carbocycles. The molecule has 0 bridgehead atoms. The average Bonchev–Trinajstić information content (AvgIpc) is 2.72. The number of sulfonamides is 1. The molecule has 0 unspecified atom stereocenters. The lowest BCUT2D eigenvalue weighted by molar-refractivity contribution is -0.131. The van der Waals surface area contributed by atoms with E-state index in [4.69, 9.17) is 0 Å². The lowest BCUT2D eigenvalue weighted by atomic mass is 10.1. The van der Waals surface area contributed by atoms with Crippen molar-refractivity contribution in [2.75, 3.05) is 32.7 Å². The zero-order valence-electron chi connectivity index (χ0n) is 16.6. The maximum atomic E-state index is 12.7. The molecule has 0 radical (unpaired) electrons. The highest BCUT2D eigenvalue weighted by molar-refractivity contribution is 7.89. The van der Waals surface area contributed by atoms with Crippen LogP contribution in [-0.4, -0.2) is 62.2 Å². The van der Waals surface area contributed by atoms with Crippen molar-refractivity contribution in [1.82, 2.24) is 14.5 Å². The topological polar surface area (TPSA) is 86.8 Å². The Kier molecular flexibility index (Phi) is 6.34. The predicted octanol–water partition coefficient (Wildman–Crippen LogP) is 1.57. The average molecular weight is 416 g/mol. The van der Waals surface area contributed by atoms with Crippen LogP contribution >= 0.6 is 0 Å². The van der Waals surface area contributed by atoms with Gasteiger partial charge < -0.3 is 10.2 Å². The number of carbonyl (C=O) groups excluding carboxylic acids is 2. The Morgan fingerprint density at radius 2 is 1.59 bits per heavy atom. The summed E-state index contributed by atoms with van der Waals surface area (Å²) in [6, 6.07) is 13.9. The Hall–Kier alpha value is -2.71. The minimum atomic E-state index is -3.57. The van der Waals surface area contributed by atoms with Crippen LogP contribution in [0.4, 0.5) is 0 Å². The second kappa shape index (κ2) is 8.75. The maximum absolute atomic E-state index is 12.7. The molecule has 154 valence electrons. The number of nitrogens with zero attached hydrogens (tertiary/aromatic N) is 2. The van der Waals surface area contributed by atoms with Crippen LogP contribution in [0.2, 0.25) is 0 Å². The van der Waals surface area contributed by atoms with E-state index in [1.165, 1.54) is 4.31 Å². The Morgan fingerprint density at radius 3 is 2.21 bits per heavy atom. The van der Waals surface area contributed by atoms with Gasteiger partial charge in [0.2, 0.25) is 15.9 Å². The minimum Gasteiger partial charge on any atom is -0.343 e. The fourth-order valence-electron chi connectivity index (χ4n) is 3.19. The van der Waals surface area contributed by atoms with E-state index in [1.807, 2.05) is 19.9 Å². The van der Waals surface area contributed by atoms with Crippen molar-refractivity contribution in [3.05, 3.63) is 65.2 Å². The van der Waals surface area contributed by atoms with Gasteiger partial charge in [-0.2, -0.15) is 4.31 Å². The summed E-state index contributed by atoms with van der Waals surface area (Å²) >= 11 is 0. The Morgan fingerprint density at radius 1 is 0.931 bits per heavy atom. The lowest BCUT2D eigenvalue weighted by Gasteiger charge is -2.34. The zero-order valence-corrected chi connectivity index (χ0v) is 17.4. The van der Waals surface area contributed by atoms with Gasteiger partial charge in [-0.1, -0.05) is 35.4 Å². The molecule has 0 atom stereocenters. The summed E-state index contributed by atoms with van der Waals surface area (Å²) in [5.74, 6) is -0.527. The largest absolute Gasteiger partial charge is 0.343 e. The molecule has 1 saturated heterocycles. The number of nitrogens with one attached hydrogen (secondary N) is 1. The number of hydrogen-bond donors (Lipinski definition) is 1. The van der Waals surface area contributed by atoms with Crippen LogP contribution in [0.25, 0.3) is 0 Å². The first-order valence-electron chi connectivity index (χ1n) is 9.47. The van der Waals surface area contributed by atoms with E-state index in [0.29, 0.717) is 18.7 Å². The molecule has 0 spiro atoms. The molecular formula is C21H25N3O4S. The van der Waals surface area contributed by atoms with Crippen molar-refractivity contribution in [2.24, 2.45) is 0 Å². The first-order valence-corrected chi connectivity index (χ1v) is 10.9. The van der Waals surface area contributed by atoms with Crippen LogP contribution in [0.15, 0.2) is 53.4 Å². The first kappa shape index (κ1) is 21.0. The lowest BCUT2D eigenvalue weighted by Crippen LogP contribution is -2.52. The summed E-state index contributed by atoms with van der Waals surface area (Å²) in [5, 5.41) is 2.63. The highest BCUT2D eigenvalue weighted by atomic mass is 32.2. The van der Waals surface area contributed by atoms with Gasteiger partial charge in [-0.3, -0.25) is 9.59 Å². The molecular weight excluding hydrogens is 390 g/mol. The summed E-state index contributed by atoms with van der Waals surface area (Å²) in [4.78, 5) is 26.4. The number of benzene rings is 2. The van der Waals surface area contributed by atoms with Gasteiger partial charge in [0.25, 0.3) is 5.91 Å². The van der Waals surface area contributed by atoms with Gasteiger partial charge in [0.1, 0.15) is 0 Å². The van der Waals surface area contributed by atoms with Crippen LogP contribution in [0.5, 0.6) is 0 Å². The van der Waals surface area contributed by atoms with Crippen LogP contribution in [0.1, 0.15) is 21.5 Å². The Balaban J connectivity index is 1.53. The molecule has 0 aromatic heterocycles. The van der Waals surface area contributed by atoms with E-state index < -0.39 is 10.0 Å². The third kappa shape index (κ3) is 5.02. The molecule has 2 aromatic carbocycles. The number of aryl methyl sites for hydroxylation is 2. The van der Waals surface area contributed by atoms with Gasteiger partial charge in [0.15, 0.2) is 0 Å². The first-order chi connectivity index (χ1) is 13.8. The van der Waals surface area contributed by atoms with Crippen LogP contribution in [-0.2, 0) is 14.8 Å². The van der Waals surface area contributed by atoms with Gasteiger partial charge in [-0.15, -0.1) is 0 Å². The van der Waals surface area contributed by atoms with Crippen molar-refractivity contribution >= 4 is 21.8 Å². The van der Waals surface area contributed by atoms with E-state index in [9.17, 15) is 18.0 Å². The van der Waals surface area contributed by atoms with Crippen LogP contribution in [0, 0.1) is 13.8 Å². The molecule has 1 fully saturated rings. The molecule has 2 amide bonds. The monoisotopic (exact) mass is 415 g/mol. The molecule has 2 aromatic rings. The fourth-order valence-corrected chi connectivity index (χ4v) is 4.62. The highest BCUT2D eigenvalue weighted by Crippen LogP contribution is 2.18. The quantitative estimate of drug-likeness (QED) is 0.803. The Bertz CT molecular complexity index is 995. The van der Waals surface area contributed by atoms with E-state index >= 15 is 0 Å². The maximum Gasteiger partial charge on any atom is 0.251 e. The summed E-state index contributed by atoms with van der Waals surface area (Å²) in [6.07, 6.45) is 0.